The Balaban J connectivity index is 1.53. The average Bonchev–Trinajstić information content (AvgIpc) is 3.57. The van der Waals surface area contributed by atoms with Crippen molar-refractivity contribution >= 4 is 28.5 Å². The topological polar surface area (TPSA) is 93.3 Å². The number of amides is 2. The molecule has 2 amide bonds. The molecule has 36 heavy (non-hydrogen) atoms. The SMILES string of the molecule is O=C(NCc1ccco1)[C@H](c1ccc(F)cc1)N(C(=O)Cn1nnc2ccccc21)c1ccccc1. The summed E-state index contributed by atoms with van der Waals surface area (Å²) in [5.41, 5.74) is 2.31. The third-order valence-corrected chi connectivity index (χ3v) is 5.72. The van der Waals surface area contributed by atoms with E-state index in [-0.39, 0.29) is 19.0 Å². The number of benzene rings is 3. The molecular weight excluding hydrogens is 461 g/mol. The highest BCUT2D eigenvalue weighted by Gasteiger charge is 2.33. The molecule has 0 aliphatic heterocycles. The summed E-state index contributed by atoms with van der Waals surface area (Å²) in [6, 6.07) is 24.1. The summed E-state index contributed by atoms with van der Waals surface area (Å²) in [6.45, 7) is -0.0212. The van der Waals surface area contributed by atoms with Crippen molar-refractivity contribution in [1.82, 2.24) is 20.3 Å². The zero-order valence-corrected chi connectivity index (χ0v) is 19.1. The summed E-state index contributed by atoms with van der Waals surface area (Å²) in [7, 11) is 0. The maximum atomic E-state index is 13.8. The molecule has 0 aliphatic carbocycles. The fourth-order valence-corrected chi connectivity index (χ4v) is 4.01. The van der Waals surface area contributed by atoms with Crippen molar-refractivity contribution in [2.45, 2.75) is 19.1 Å². The van der Waals surface area contributed by atoms with E-state index in [0.717, 1.165) is 0 Å². The van der Waals surface area contributed by atoms with E-state index in [9.17, 15) is 14.0 Å². The fourth-order valence-electron chi connectivity index (χ4n) is 4.01. The Hall–Kier alpha value is -4.79. The largest absolute Gasteiger partial charge is 0.467 e. The highest BCUT2D eigenvalue weighted by molar-refractivity contribution is 6.01. The first-order valence-corrected chi connectivity index (χ1v) is 11.3. The van der Waals surface area contributed by atoms with Gasteiger partial charge in [0, 0.05) is 5.69 Å². The number of hydrogen-bond donors (Lipinski definition) is 1. The first-order valence-electron chi connectivity index (χ1n) is 11.3. The van der Waals surface area contributed by atoms with Gasteiger partial charge < -0.3 is 9.73 Å². The minimum Gasteiger partial charge on any atom is -0.467 e. The predicted molar refractivity (Wildman–Crippen MR) is 131 cm³/mol. The van der Waals surface area contributed by atoms with Gasteiger partial charge in [0.15, 0.2) is 0 Å². The first-order chi connectivity index (χ1) is 17.6. The predicted octanol–water partition coefficient (Wildman–Crippen LogP) is 4.25. The molecule has 5 rings (SSSR count). The average molecular weight is 484 g/mol. The maximum absolute atomic E-state index is 13.8. The summed E-state index contributed by atoms with van der Waals surface area (Å²) < 4.78 is 20.6. The van der Waals surface area contributed by atoms with E-state index in [0.29, 0.717) is 28.0 Å². The van der Waals surface area contributed by atoms with Crippen molar-refractivity contribution in [1.29, 1.82) is 0 Å². The van der Waals surface area contributed by atoms with Crippen LogP contribution in [0.3, 0.4) is 0 Å². The number of para-hydroxylation sites is 2. The summed E-state index contributed by atoms with van der Waals surface area (Å²) in [5.74, 6) is -0.717. The lowest BCUT2D eigenvalue weighted by Crippen LogP contribution is -2.45. The third kappa shape index (κ3) is 4.85. The van der Waals surface area contributed by atoms with Gasteiger partial charge in [-0.1, -0.05) is 47.7 Å². The van der Waals surface area contributed by atoms with Gasteiger partial charge in [0.25, 0.3) is 0 Å². The van der Waals surface area contributed by atoms with Gasteiger partial charge in [-0.2, -0.15) is 0 Å². The van der Waals surface area contributed by atoms with E-state index in [1.807, 2.05) is 30.3 Å². The number of furan rings is 1. The molecule has 0 unspecified atom stereocenters. The van der Waals surface area contributed by atoms with Crippen LogP contribution in [0.1, 0.15) is 17.4 Å². The number of hydrogen-bond acceptors (Lipinski definition) is 5. The Bertz CT molecular complexity index is 1470. The third-order valence-electron chi connectivity index (χ3n) is 5.72. The van der Waals surface area contributed by atoms with Crippen LogP contribution in [0.5, 0.6) is 0 Å². The van der Waals surface area contributed by atoms with Crippen LogP contribution < -0.4 is 10.2 Å². The van der Waals surface area contributed by atoms with Crippen LogP contribution in [-0.4, -0.2) is 26.8 Å². The number of anilines is 1. The molecule has 2 heterocycles. The van der Waals surface area contributed by atoms with Crippen LogP contribution >= 0.6 is 0 Å². The highest BCUT2D eigenvalue weighted by atomic mass is 19.1. The van der Waals surface area contributed by atoms with Crippen molar-refractivity contribution in [2.24, 2.45) is 0 Å². The molecule has 0 spiro atoms. The summed E-state index contributed by atoms with van der Waals surface area (Å²) in [6.07, 6.45) is 1.52. The van der Waals surface area contributed by atoms with E-state index in [1.54, 1.807) is 36.4 Å². The van der Waals surface area contributed by atoms with Crippen LogP contribution in [0.2, 0.25) is 0 Å². The molecule has 2 aromatic heterocycles. The fraction of sp³-hybridized carbons (Fsp3) is 0.111. The van der Waals surface area contributed by atoms with Gasteiger partial charge >= 0.3 is 0 Å². The van der Waals surface area contributed by atoms with Crippen molar-refractivity contribution in [3.63, 3.8) is 0 Å². The zero-order valence-electron chi connectivity index (χ0n) is 19.1. The van der Waals surface area contributed by atoms with Gasteiger partial charge in [-0.15, -0.1) is 5.10 Å². The summed E-state index contributed by atoms with van der Waals surface area (Å²) in [5, 5.41) is 11.1. The van der Waals surface area contributed by atoms with Crippen molar-refractivity contribution in [3.05, 3.63) is 114 Å². The molecule has 0 saturated carbocycles. The lowest BCUT2D eigenvalue weighted by atomic mass is 10.0. The Morgan fingerprint density at radius 1 is 0.944 bits per heavy atom. The molecule has 0 bridgehead atoms. The molecule has 1 N–H and O–H groups in total. The quantitative estimate of drug-likeness (QED) is 0.356. The minimum absolute atomic E-state index is 0.133. The standard InChI is InChI=1S/C27H22FN5O3/c28-20-14-12-19(13-15-20)26(27(35)29-17-22-9-6-16-36-22)33(21-7-2-1-3-8-21)25(34)18-32-24-11-5-4-10-23(24)30-31-32/h1-16,26H,17-18H2,(H,29,35)/t26-/m0/s1. The number of carbonyl (C=O) groups is 2. The second-order valence-corrected chi connectivity index (χ2v) is 8.09. The number of nitrogens with zero attached hydrogens (tertiary/aromatic N) is 4. The number of halogens is 1. The van der Waals surface area contributed by atoms with Gasteiger partial charge in [-0.05, 0) is 54.1 Å². The summed E-state index contributed by atoms with van der Waals surface area (Å²) in [4.78, 5) is 28.8. The Labute approximate surface area is 205 Å². The number of fused-ring (bicyclic) bond motifs is 1. The van der Waals surface area contributed by atoms with Crippen molar-refractivity contribution in [3.8, 4) is 0 Å². The maximum Gasteiger partial charge on any atom is 0.249 e. The number of rotatable bonds is 8. The van der Waals surface area contributed by atoms with Crippen molar-refractivity contribution in [2.75, 3.05) is 4.90 Å². The van der Waals surface area contributed by atoms with Crippen molar-refractivity contribution < 1.29 is 18.4 Å². The normalized spacial score (nSPS) is 11.8. The molecule has 1 atom stereocenters. The van der Waals surface area contributed by atoms with Crippen LogP contribution in [0, 0.1) is 5.82 Å². The van der Waals surface area contributed by atoms with Gasteiger partial charge in [0.1, 0.15) is 29.7 Å². The van der Waals surface area contributed by atoms with Crippen LogP contribution in [-0.2, 0) is 22.7 Å². The van der Waals surface area contributed by atoms with Gasteiger partial charge in [-0.3, -0.25) is 14.5 Å². The molecule has 5 aromatic rings. The van der Waals surface area contributed by atoms with Crippen LogP contribution in [0.15, 0.2) is 102 Å². The molecule has 8 nitrogen and oxygen atoms in total. The highest BCUT2D eigenvalue weighted by Crippen LogP contribution is 2.29. The lowest BCUT2D eigenvalue weighted by molar-refractivity contribution is -0.127. The molecule has 3 aromatic carbocycles. The van der Waals surface area contributed by atoms with E-state index < -0.39 is 17.8 Å². The van der Waals surface area contributed by atoms with Crippen LogP contribution in [0.25, 0.3) is 11.0 Å². The molecule has 180 valence electrons. The Morgan fingerprint density at radius 3 is 2.44 bits per heavy atom. The minimum atomic E-state index is -1.08. The molecule has 0 fully saturated rings. The summed E-state index contributed by atoms with van der Waals surface area (Å²) >= 11 is 0. The Morgan fingerprint density at radius 2 is 1.69 bits per heavy atom. The second-order valence-electron chi connectivity index (χ2n) is 8.09. The van der Waals surface area contributed by atoms with E-state index >= 15 is 0 Å². The molecular formula is C27H22FN5O3. The van der Waals surface area contributed by atoms with Crippen LogP contribution in [0.4, 0.5) is 10.1 Å². The van der Waals surface area contributed by atoms with E-state index in [2.05, 4.69) is 15.6 Å². The zero-order chi connectivity index (χ0) is 24.9. The second kappa shape index (κ2) is 10.2. The molecule has 9 heteroatoms. The molecule has 0 aliphatic rings. The van der Waals surface area contributed by atoms with E-state index in [1.165, 1.54) is 40.1 Å². The first kappa shape index (κ1) is 23.0. The molecule has 0 radical (unpaired) electrons. The van der Waals surface area contributed by atoms with Gasteiger partial charge in [0.2, 0.25) is 11.8 Å². The molecule has 0 saturated heterocycles. The number of nitrogens with one attached hydrogen (secondary N) is 1. The number of aromatic nitrogens is 3. The lowest BCUT2D eigenvalue weighted by Gasteiger charge is -2.31. The van der Waals surface area contributed by atoms with E-state index in [4.69, 9.17) is 4.42 Å². The smallest absolute Gasteiger partial charge is 0.249 e. The van der Waals surface area contributed by atoms with Gasteiger partial charge in [-0.25, -0.2) is 9.07 Å². The Kier molecular flexibility index (Phi) is 6.53. The monoisotopic (exact) mass is 483 g/mol. The number of carbonyl (C=O) groups excluding carboxylic acids is 2. The van der Waals surface area contributed by atoms with Gasteiger partial charge in [0.05, 0.1) is 18.3 Å².